The summed E-state index contributed by atoms with van der Waals surface area (Å²) in [5.74, 6) is 0.691. The van der Waals surface area contributed by atoms with Crippen LogP contribution in [0, 0.1) is 0 Å². The molecule has 21 heavy (non-hydrogen) atoms. The van der Waals surface area contributed by atoms with Gasteiger partial charge in [-0.2, -0.15) is 13.2 Å². The highest BCUT2D eigenvalue weighted by molar-refractivity contribution is 9.10. The van der Waals surface area contributed by atoms with Crippen molar-refractivity contribution in [2.75, 3.05) is 0 Å². The average Bonchev–Trinajstić information content (AvgIpc) is 2.92. The molecule has 108 valence electrons. The highest BCUT2D eigenvalue weighted by Gasteiger charge is 2.30. The van der Waals surface area contributed by atoms with Gasteiger partial charge in [0.2, 0.25) is 0 Å². The summed E-state index contributed by atoms with van der Waals surface area (Å²) in [6.07, 6.45) is -3.09. The molecular formula is C14H7BrF3NO2. The maximum absolute atomic E-state index is 12.5. The maximum atomic E-state index is 12.5. The van der Waals surface area contributed by atoms with Gasteiger partial charge in [-0.3, -0.25) is 0 Å². The second kappa shape index (κ2) is 5.07. The van der Waals surface area contributed by atoms with Gasteiger partial charge in [-0.15, -0.1) is 0 Å². The third-order valence-electron chi connectivity index (χ3n) is 2.81. The van der Waals surface area contributed by atoms with Gasteiger partial charge in [0.05, 0.1) is 10.0 Å². The van der Waals surface area contributed by atoms with Crippen molar-refractivity contribution < 1.29 is 22.3 Å². The van der Waals surface area contributed by atoms with Crippen molar-refractivity contribution in [1.29, 1.82) is 0 Å². The lowest BCUT2D eigenvalue weighted by molar-refractivity contribution is -0.137. The first-order valence-electron chi connectivity index (χ1n) is 5.82. The maximum Gasteiger partial charge on any atom is 0.416 e. The predicted octanol–water partition coefficient (Wildman–Crippen LogP) is 5.40. The number of rotatable bonds is 2. The zero-order chi connectivity index (χ0) is 15.0. The van der Waals surface area contributed by atoms with Gasteiger partial charge in [-0.05, 0) is 52.3 Å². The summed E-state index contributed by atoms with van der Waals surface area (Å²) in [4.78, 5) is 4.03. The standard InChI is InChI=1S/C14H7BrF3NO2/c15-10-5-6-11(12-13(10)20-7-19-12)21-9-3-1-8(2-4-9)14(16,17)18/h1-7H. The van der Waals surface area contributed by atoms with Gasteiger partial charge in [0.15, 0.2) is 23.2 Å². The number of oxazole rings is 1. The summed E-state index contributed by atoms with van der Waals surface area (Å²) in [6.45, 7) is 0. The summed E-state index contributed by atoms with van der Waals surface area (Å²) in [6, 6.07) is 7.83. The highest BCUT2D eigenvalue weighted by Crippen LogP contribution is 2.35. The van der Waals surface area contributed by atoms with E-state index in [2.05, 4.69) is 20.9 Å². The average molecular weight is 358 g/mol. The van der Waals surface area contributed by atoms with Crippen molar-refractivity contribution in [1.82, 2.24) is 4.98 Å². The van der Waals surface area contributed by atoms with Crippen LogP contribution in [0.2, 0.25) is 0 Å². The molecule has 1 aromatic heterocycles. The lowest BCUT2D eigenvalue weighted by Crippen LogP contribution is -2.04. The minimum absolute atomic E-state index is 0.287. The second-order valence-corrected chi connectivity index (χ2v) is 5.05. The molecule has 3 nitrogen and oxygen atoms in total. The fourth-order valence-corrected chi connectivity index (χ4v) is 2.23. The largest absolute Gasteiger partial charge is 0.455 e. The Hall–Kier alpha value is -2.02. The number of hydrogen-bond donors (Lipinski definition) is 0. The zero-order valence-corrected chi connectivity index (χ0v) is 11.9. The number of benzene rings is 2. The number of hydrogen-bond acceptors (Lipinski definition) is 3. The summed E-state index contributed by atoms with van der Waals surface area (Å²) < 4.78 is 49.0. The lowest BCUT2D eigenvalue weighted by Gasteiger charge is -2.09. The lowest BCUT2D eigenvalue weighted by atomic mass is 10.2. The van der Waals surface area contributed by atoms with Crippen LogP contribution in [0.5, 0.6) is 11.5 Å². The molecule has 0 aliphatic heterocycles. The van der Waals surface area contributed by atoms with E-state index in [1.807, 2.05) is 0 Å². The van der Waals surface area contributed by atoms with Crippen LogP contribution in [-0.2, 0) is 6.18 Å². The molecule has 0 saturated carbocycles. The van der Waals surface area contributed by atoms with E-state index < -0.39 is 11.7 Å². The van der Waals surface area contributed by atoms with E-state index in [0.717, 1.165) is 16.6 Å². The Morgan fingerprint density at radius 1 is 1.05 bits per heavy atom. The van der Waals surface area contributed by atoms with Gasteiger partial charge < -0.3 is 9.15 Å². The van der Waals surface area contributed by atoms with Crippen LogP contribution in [-0.4, -0.2) is 4.98 Å². The molecule has 0 amide bonds. The van der Waals surface area contributed by atoms with Gasteiger partial charge in [0.25, 0.3) is 0 Å². The topological polar surface area (TPSA) is 35.3 Å². The molecule has 0 unspecified atom stereocenters. The summed E-state index contributed by atoms with van der Waals surface area (Å²) in [5.41, 5.74) is 0.279. The first-order valence-corrected chi connectivity index (χ1v) is 6.61. The van der Waals surface area contributed by atoms with E-state index in [1.165, 1.54) is 18.5 Å². The van der Waals surface area contributed by atoms with Crippen LogP contribution in [0.25, 0.3) is 11.1 Å². The molecule has 3 aromatic rings. The Morgan fingerprint density at radius 2 is 1.76 bits per heavy atom. The molecule has 0 aliphatic rings. The van der Waals surface area contributed by atoms with Gasteiger partial charge in [0.1, 0.15) is 5.75 Å². The molecule has 0 fully saturated rings. The predicted molar refractivity (Wildman–Crippen MR) is 73.2 cm³/mol. The summed E-state index contributed by atoms with van der Waals surface area (Å²) in [7, 11) is 0. The van der Waals surface area contributed by atoms with Crippen molar-refractivity contribution in [3.05, 3.63) is 52.8 Å². The second-order valence-electron chi connectivity index (χ2n) is 4.20. The molecule has 0 atom stereocenters. The van der Waals surface area contributed by atoms with Gasteiger partial charge in [-0.25, -0.2) is 4.98 Å². The summed E-state index contributed by atoms with van der Waals surface area (Å²) in [5, 5.41) is 0. The quantitative estimate of drug-likeness (QED) is 0.615. The number of alkyl halides is 3. The molecule has 0 spiro atoms. The molecule has 0 aliphatic carbocycles. The van der Waals surface area contributed by atoms with Gasteiger partial charge in [0, 0.05) is 0 Å². The number of aromatic nitrogens is 1. The van der Waals surface area contributed by atoms with Gasteiger partial charge >= 0.3 is 6.18 Å². The number of halogens is 4. The first-order chi connectivity index (χ1) is 9.95. The van der Waals surface area contributed by atoms with Crippen LogP contribution in [0.4, 0.5) is 13.2 Å². The molecule has 1 heterocycles. The van der Waals surface area contributed by atoms with Crippen LogP contribution in [0.1, 0.15) is 5.56 Å². The number of ether oxygens (including phenoxy) is 1. The van der Waals surface area contributed by atoms with Crippen molar-refractivity contribution in [2.24, 2.45) is 0 Å². The SMILES string of the molecule is FC(F)(F)c1ccc(Oc2ccc(Br)c3ocnc23)cc1. The molecular weight excluding hydrogens is 351 g/mol. The third kappa shape index (κ3) is 2.73. The molecule has 0 N–H and O–H groups in total. The van der Waals surface area contributed by atoms with Crippen LogP contribution < -0.4 is 4.74 Å². The van der Waals surface area contributed by atoms with Crippen molar-refractivity contribution in [2.45, 2.75) is 6.18 Å². The van der Waals surface area contributed by atoms with Crippen LogP contribution in [0.15, 0.2) is 51.7 Å². The Kier molecular flexibility index (Phi) is 3.36. The third-order valence-corrected chi connectivity index (χ3v) is 3.43. The fraction of sp³-hybridized carbons (Fsp3) is 0.0714. The zero-order valence-electron chi connectivity index (χ0n) is 10.3. The Balaban J connectivity index is 1.92. The normalized spacial score (nSPS) is 11.8. The van der Waals surface area contributed by atoms with Crippen LogP contribution >= 0.6 is 15.9 Å². The van der Waals surface area contributed by atoms with Gasteiger partial charge in [-0.1, -0.05) is 0 Å². The summed E-state index contributed by atoms with van der Waals surface area (Å²) >= 11 is 3.31. The van der Waals surface area contributed by atoms with Crippen molar-refractivity contribution >= 4 is 27.0 Å². The molecule has 0 bridgehead atoms. The first kappa shape index (κ1) is 13.9. The molecule has 2 aromatic carbocycles. The fourth-order valence-electron chi connectivity index (χ4n) is 1.82. The molecule has 7 heteroatoms. The Labute approximate surface area is 125 Å². The molecule has 3 rings (SSSR count). The highest BCUT2D eigenvalue weighted by atomic mass is 79.9. The Bertz CT molecular complexity index is 781. The number of fused-ring (bicyclic) bond motifs is 1. The van der Waals surface area contributed by atoms with Crippen molar-refractivity contribution in [3.63, 3.8) is 0 Å². The van der Waals surface area contributed by atoms with E-state index in [1.54, 1.807) is 12.1 Å². The van der Waals surface area contributed by atoms with E-state index in [4.69, 9.17) is 9.15 Å². The minimum Gasteiger partial charge on any atom is -0.455 e. The Morgan fingerprint density at radius 3 is 2.43 bits per heavy atom. The van der Waals surface area contributed by atoms with E-state index in [0.29, 0.717) is 16.8 Å². The molecule has 0 radical (unpaired) electrons. The minimum atomic E-state index is -4.37. The van der Waals surface area contributed by atoms with E-state index in [9.17, 15) is 13.2 Å². The smallest absolute Gasteiger partial charge is 0.416 e. The van der Waals surface area contributed by atoms with E-state index >= 15 is 0 Å². The monoisotopic (exact) mass is 357 g/mol. The number of nitrogens with zero attached hydrogens (tertiary/aromatic N) is 1. The van der Waals surface area contributed by atoms with E-state index in [-0.39, 0.29) is 5.75 Å². The molecule has 0 saturated heterocycles. The van der Waals surface area contributed by atoms with Crippen molar-refractivity contribution in [3.8, 4) is 11.5 Å². The van der Waals surface area contributed by atoms with Crippen LogP contribution in [0.3, 0.4) is 0 Å².